The van der Waals surface area contributed by atoms with Crippen LogP contribution >= 0.6 is 0 Å². The Kier molecular flexibility index (Phi) is 3.69. The van der Waals surface area contributed by atoms with Crippen LogP contribution in [0.3, 0.4) is 0 Å². The van der Waals surface area contributed by atoms with E-state index in [1.807, 2.05) is 0 Å². The van der Waals surface area contributed by atoms with E-state index in [-0.39, 0.29) is 16.9 Å². The minimum absolute atomic E-state index is 0.0363. The maximum atomic E-state index is 11.3. The van der Waals surface area contributed by atoms with Crippen LogP contribution in [0.4, 0.5) is 0 Å². The summed E-state index contributed by atoms with van der Waals surface area (Å²) in [5.74, 6) is -2.11. The first-order valence-electron chi connectivity index (χ1n) is 4.78. The number of hydrogen-bond donors (Lipinski definition) is 3. The number of benzene rings is 1. The molecule has 6 heteroatoms. The molecule has 0 unspecified atom stereocenters. The molecule has 0 fully saturated rings. The van der Waals surface area contributed by atoms with Crippen LogP contribution in [-0.2, 0) is 9.53 Å². The largest absolute Gasteiger partial charge is 0.507 e. The lowest BCUT2D eigenvalue weighted by molar-refractivity contribution is -0.142. The number of nitrogens with two attached hydrogens (primary N) is 1. The van der Waals surface area contributed by atoms with Crippen LogP contribution in [0.1, 0.15) is 27.5 Å². The lowest BCUT2D eigenvalue weighted by Crippen LogP contribution is -2.23. The van der Waals surface area contributed by atoms with Crippen molar-refractivity contribution in [3.05, 3.63) is 28.8 Å². The average molecular weight is 239 g/mol. The Bertz CT molecular complexity index is 469. The van der Waals surface area contributed by atoms with Gasteiger partial charge in [0.25, 0.3) is 0 Å². The number of phenolic OH excluding ortho intramolecular Hbond substituents is 1. The van der Waals surface area contributed by atoms with E-state index >= 15 is 0 Å². The quantitative estimate of drug-likeness (QED) is 0.665. The number of methoxy groups -OCH3 is 1. The first kappa shape index (κ1) is 13.0. The van der Waals surface area contributed by atoms with E-state index in [0.717, 1.165) is 13.2 Å². The van der Waals surface area contributed by atoms with Gasteiger partial charge in [-0.15, -0.1) is 0 Å². The topological polar surface area (TPSA) is 110 Å². The number of carbonyl (C=O) groups excluding carboxylic acids is 1. The summed E-state index contributed by atoms with van der Waals surface area (Å²) in [4.78, 5) is 22.1. The first-order chi connectivity index (χ1) is 7.88. The van der Waals surface area contributed by atoms with Gasteiger partial charge in [-0.3, -0.25) is 4.79 Å². The van der Waals surface area contributed by atoms with Gasteiger partial charge in [0.15, 0.2) is 0 Å². The Labute approximate surface area is 97.6 Å². The molecule has 0 bridgehead atoms. The van der Waals surface area contributed by atoms with E-state index in [2.05, 4.69) is 4.74 Å². The van der Waals surface area contributed by atoms with Gasteiger partial charge in [-0.05, 0) is 24.6 Å². The van der Waals surface area contributed by atoms with Gasteiger partial charge in [0.1, 0.15) is 11.8 Å². The molecular formula is C11H13NO5. The average Bonchev–Trinajstić information content (AvgIpc) is 2.30. The zero-order chi connectivity index (χ0) is 13.2. The molecule has 0 amide bonds. The highest BCUT2D eigenvalue weighted by molar-refractivity contribution is 5.89. The van der Waals surface area contributed by atoms with Crippen LogP contribution in [0.25, 0.3) is 0 Å². The summed E-state index contributed by atoms with van der Waals surface area (Å²) in [6.45, 7) is 1.52. The van der Waals surface area contributed by atoms with Gasteiger partial charge in [0.05, 0.1) is 12.7 Å². The van der Waals surface area contributed by atoms with Gasteiger partial charge in [0.2, 0.25) is 0 Å². The molecule has 0 aliphatic rings. The number of hydrogen-bond acceptors (Lipinski definition) is 5. The SMILES string of the molecule is COC(=O)[C@H](N)c1cc(C(=O)O)cc(C)c1O. The molecule has 1 aromatic carbocycles. The fourth-order valence-corrected chi connectivity index (χ4v) is 1.42. The molecular weight excluding hydrogens is 226 g/mol. The van der Waals surface area contributed by atoms with E-state index in [4.69, 9.17) is 10.8 Å². The number of aryl methyl sites for hydroxylation is 1. The number of esters is 1. The van der Waals surface area contributed by atoms with E-state index < -0.39 is 18.0 Å². The molecule has 1 rings (SSSR count). The molecule has 0 aliphatic carbocycles. The van der Waals surface area contributed by atoms with Gasteiger partial charge in [-0.1, -0.05) is 0 Å². The monoisotopic (exact) mass is 239 g/mol. The normalized spacial score (nSPS) is 11.9. The molecule has 92 valence electrons. The molecule has 0 saturated heterocycles. The van der Waals surface area contributed by atoms with Crippen LogP contribution in [-0.4, -0.2) is 29.3 Å². The van der Waals surface area contributed by atoms with Crippen LogP contribution < -0.4 is 5.73 Å². The molecule has 4 N–H and O–H groups in total. The Morgan fingerprint density at radius 1 is 1.41 bits per heavy atom. The minimum Gasteiger partial charge on any atom is -0.507 e. The number of aromatic hydroxyl groups is 1. The Morgan fingerprint density at radius 3 is 2.47 bits per heavy atom. The number of carbonyl (C=O) groups is 2. The molecule has 0 aromatic heterocycles. The number of phenols is 1. The smallest absolute Gasteiger partial charge is 0.335 e. The Hall–Kier alpha value is -2.08. The number of ether oxygens (including phenoxy) is 1. The second-order valence-electron chi connectivity index (χ2n) is 3.54. The van der Waals surface area contributed by atoms with Crippen molar-refractivity contribution in [2.75, 3.05) is 7.11 Å². The highest BCUT2D eigenvalue weighted by atomic mass is 16.5. The van der Waals surface area contributed by atoms with Crippen LogP contribution in [0, 0.1) is 6.92 Å². The number of rotatable bonds is 3. The third-order valence-electron chi connectivity index (χ3n) is 2.37. The lowest BCUT2D eigenvalue weighted by Gasteiger charge is -2.13. The summed E-state index contributed by atoms with van der Waals surface area (Å²) >= 11 is 0. The minimum atomic E-state index is -1.21. The summed E-state index contributed by atoms with van der Waals surface area (Å²) in [7, 11) is 1.16. The molecule has 0 radical (unpaired) electrons. The maximum Gasteiger partial charge on any atom is 0.335 e. The van der Waals surface area contributed by atoms with Crippen molar-refractivity contribution in [2.45, 2.75) is 13.0 Å². The van der Waals surface area contributed by atoms with Crippen molar-refractivity contribution < 1.29 is 24.5 Å². The van der Waals surface area contributed by atoms with Gasteiger partial charge in [0, 0.05) is 5.56 Å². The van der Waals surface area contributed by atoms with Crippen LogP contribution in [0.5, 0.6) is 5.75 Å². The third kappa shape index (κ3) is 2.54. The molecule has 1 atom stereocenters. The maximum absolute atomic E-state index is 11.3. The highest BCUT2D eigenvalue weighted by Gasteiger charge is 2.22. The second-order valence-corrected chi connectivity index (χ2v) is 3.54. The molecule has 0 heterocycles. The molecule has 17 heavy (non-hydrogen) atoms. The van der Waals surface area contributed by atoms with Crippen molar-refractivity contribution in [2.24, 2.45) is 5.73 Å². The summed E-state index contributed by atoms with van der Waals surface area (Å²) in [6.07, 6.45) is 0. The molecule has 1 aromatic rings. The van der Waals surface area contributed by atoms with Crippen LogP contribution in [0.2, 0.25) is 0 Å². The van der Waals surface area contributed by atoms with E-state index in [9.17, 15) is 14.7 Å². The van der Waals surface area contributed by atoms with Crippen molar-refractivity contribution in [3.63, 3.8) is 0 Å². The number of carboxylic acids is 1. The Morgan fingerprint density at radius 2 is 2.00 bits per heavy atom. The molecule has 0 aliphatic heterocycles. The van der Waals surface area contributed by atoms with E-state index in [0.29, 0.717) is 5.56 Å². The lowest BCUT2D eigenvalue weighted by atomic mass is 9.99. The Balaban J connectivity index is 3.31. The predicted octanol–water partition coefficient (Wildman–Crippen LogP) is 0.572. The summed E-state index contributed by atoms with van der Waals surface area (Å²) < 4.78 is 4.44. The highest BCUT2D eigenvalue weighted by Crippen LogP contribution is 2.28. The second kappa shape index (κ2) is 4.84. The zero-order valence-corrected chi connectivity index (χ0v) is 9.43. The van der Waals surface area contributed by atoms with Gasteiger partial charge < -0.3 is 20.7 Å². The van der Waals surface area contributed by atoms with Crippen LogP contribution in [0.15, 0.2) is 12.1 Å². The van der Waals surface area contributed by atoms with Gasteiger partial charge in [-0.2, -0.15) is 0 Å². The van der Waals surface area contributed by atoms with Crippen molar-refractivity contribution >= 4 is 11.9 Å². The predicted molar refractivity (Wildman–Crippen MR) is 58.7 cm³/mol. The first-order valence-corrected chi connectivity index (χ1v) is 4.78. The van der Waals surface area contributed by atoms with Gasteiger partial charge in [-0.25, -0.2) is 4.79 Å². The van der Waals surface area contributed by atoms with E-state index in [1.54, 1.807) is 0 Å². The van der Waals surface area contributed by atoms with Gasteiger partial charge >= 0.3 is 11.9 Å². The van der Waals surface area contributed by atoms with Crippen molar-refractivity contribution in [1.29, 1.82) is 0 Å². The molecule has 0 spiro atoms. The molecule has 0 saturated carbocycles. The number of carboxylic acid groups (broad SMARTS) is 1. The third-order valence-corrected chi connectivity index (χ3v) is 2.37. The fourth-order valence-electron chi connectivity index (χ4n) is 1.42. The fraction of sp³-hybridized carbons (Fsp3) is 0.273. The standard InChI is InChI=1S/C11H13NO5/c1-5-3-6(10(14)15)4-7(9(5)13)8(12)11(16)17-2/h3-4,8,13H,12H2,1-2H3,(H,14,15)/t8-/m1/s1. The number of aromatic carboxylic acids is 1. The summed E-state index contributed by atoms with van der Waals surface area (Å²) in [5.41, 5.74) is 5.88. The van der Waals surface area contributed by atoms with E-state index in [1.165, 1.54) is 13.0 Å². The summed E-state index contributed by atoms with van der Waals surface area (Å²) in [5, 5.41) is 18.6. The molecule has 6 nitrogen and oxygen atoms in total. The summed E-state index contributed by atoms with van der Waals surface area (Å²) in [6, 6.07) is 1.25. The zero-order valence-electron chi connectivity index (χ0n) is 9.43. The van der Waals surface area contributed by atoms with Crippen molar-refractivity contribution in [1.82, 2.24) is 0 Å². The van der Waals surface area contributed by atoms with Crippen molar-refractivity contribution in [3.8, 4) is 5.75 Å².